The lowest BCUT2D eigenvalue weighted by Gasteiger charge is -2.04. The zero-order valence-corrected chi connectivity index (χ0v) is 10.8. The number of fused-ring (bicyclic) bond motifs is 1. The average molecular weight is 269 g/mol. The molecule has 98 valence electrons. The van der Waals surface area contributed by atoms with E-state index in [-0.39, 0.29) is 18.3 Å². The van der Waals surface area contributed by atoms with Crippen molar-refractivity contribution in [3.8, 4) is 0 Å². The minimum Gasteiger partial charge on any atom is -0.381 e. The summed E-state index contributed by atoms with van der Waals surface area (Å²) in [4.78, 5) is 7.04. The predicted molar refractivity (Wildman–Crippen MR) is 70.0 cm³/mol. The molecule has 6 nitrogen and oxygen atoms in total. The molecular formula is C11H15N3O3S. The summed E-state index contributed by atoms with van der Waals surface area (Å²) in [6.07, 6.45) is 0. The number of nitrogens with zero attached hydrogens (tertiary/aromatic N) is 1. The summed E-state index contributed by atoms with van der Waals surface area (Å²) in [5.41, 5.74) is 1.51. The zero-order chi connectivity index (χ0) is 13.0. The number of aromatic nitrogens is 2. The van der Waals surface area contributed by atoms with Gasteiger partial charge in [0, 0.05) is 6.61 Å². The summed E-state index contributed by atoms with van der Waals surface area (Å²) in [7, 11) is -3.42. The van der Waals surface area contributed by atoms with Crippen molar-refractivity contribution in [2.24, 2.45) is 0 Å². The Bertz CT molecular complexity index is 588. The molecule has 1 heterocycles. The molecule has 18 heavy (non-hydrogen) atoms. The molecule has 0 saturated carbocycles. The SMILES string of the molecule is CCOCCS(=O)(=O)Nc1nc2ccccc2[nH]1. The topological polar surface area (TPSA) is 84.1 Å². The normalized spacial score (nSPS) is 11.8. The number of rotatable bonds is 6. The van der Waals surface area contributed by atoms with Crippen LogP contribution in [0, 0.1) is 0 Å². The monoisotopic (exact) mass is 269 g/mol. The summed E-state index contributed by atoms with van der Waals surface area (Å²) < 4.78 is 30.8. The van der Waals surface area contributed by atoms with Crippen LogP contribution in [-0.2, 0) is 14.8 Å². The quantitative estimate of drug-likeness (QED) is 0.775. The van der Waals surface area contributed by atoms with E-state index in [1.165, 1.54) is 0 Å². The van der Waals surface area contributed by atoms with E-state index in [2.05, 4.69) is 14.7 Å². The molecule has 0 aliphatic rings. The minimum atomic E-state index is -3.42. The Hall–Kier alpha value is -1.60. The van der Waals surface area contributed by atoms with Crippen molar-refractivity contribution in [3.05, 3.63) is 24.3 Å². The zero-order valence-electron chi connectivity index (χ0n) is 10.0. The van der Waals surface area contributed by atoms with Gasteiger partial charge >= 0.3 is 0 Å². The molecule has 0 radical (unpaired) electrons. The number of para-hydroxylation sites is 2. The molecule has 0 aliphatic carbocycles. The van der Waals surface area contributed by atoms with E-state index in [4.69, 9.17) is 4.74 Å². The van der Waals surface area contributed by atoms with Crippen molar-refractivity contribution >= 4 is 27.0 Å². The fourth-order valence-electron chi connectivity index (χ4n) is 1.51. The molecular weight excluding hydrogens is 254 g/mol. The van der Waals surface area contributed by atoms with Crippen molar-refractivity contribution in [1.29, 1.82) is 0 Å². The van der Waals surface area contributed by atoms with E-state index in [1.54, 1.807) is 0 Å². The molecule has 2 N–H and O–H groups in total. The Morgan fingerprint density at radius 3 is 2.89 bits per heavy atom. The highest BCUT2D eigenvalue weighted by Crippen LogP contribution is 2.14. The molecule has 7 heteroatoms. The van der Waals surface area contributed by atoms with E-state index in [1.807, 2.05) is 31.2 Å². The van der Waals surface area contributed by atoms with Gasteiger partial charge in [0.25, 0.3) is 0 Å². The maximum absolute atomic E-state index is 11.7. The van der Waals surface area contributed by atoms with Crippen LogP contribution in [0.2, 0.25) is 0 Å². The van der Waals surface area contributed by atoms with Gasteiger partial charge in [-0.1, -0.05) is 12.1 Å². The van der Waals surface area contributed by atoms with E-state index in [0.29, 0.717) is 6.61 Å². The molecule has 1 aromatic heterocycles. The van der Waals surface area contributed by atoms with Crippen molar-refractivity contribution in [2.45, 2.75) is 6.92 Å². The van der Waals surface area contributed by atoms with Crippen LogP contribution >= 0.6 is 0 Å². The Morgan fingerprint density at radius 1 is 1.39 bits per heavy atom. The number of sulfonamides is 1. The molecule has 1 aromatic carbocycles. The van der Waals surface area contributed by atoms with Gasteiger partial charge in [-0.05, 0) is 19.1 Å². The fourth-order valence-corrected chi connectivity index (χ4v) is 2.34. The van der Waals surface area contributed by atoms with Gasteiger partial charge in [-0.3, -0.25) is 4.72 Å². The summed E-state index contributed by atoms with van der Waals surface area (Å²) in [6, 6.07) is 7.34. The van der Waals surface area contributed by atoms with Gasteiger partial charge in [0.05, 0.1) is 23.4 Å². The van der Waals surface area contributed by atoms with Crippen molar-refractivity contribution in [1.82, 2.24) is 9.97 Å². The van der Waals surface area contributed by atoms with Crippen LogP contribution < -0.4 is 4.72 Å². The van der Waals surface area contributed by atoms with Crippen LogP contribution in [0.3, 0.4) is 0 Å². The maximum Gasteiger partial charge on any atom is 0.237 e. The molecule has 2 rings (SSSR count). The first-order chi connectivity index (χ1) is 8.61. The standard InChI is InChI=1S/C11H15N3O3S/c1-2-17-7-8-18(15,16)14-11-12-9-5-3-4-6-10(9)13-11/h3-6H,2,7-8H2,1H3,(H2,12,13,14). The highest BCUT2D eigenvalue weighted by molar-refractivity contribution is 7.92. The number of ether oxygens (including phenoxy) is 1. The third-order valence-electron chi connectivity index (χ3n) is 2.34. The minimum absolute atomic E-state index is 0.0854. The number of nitrogens with one attached hydrogen (secondary N) is 2. The third kappa shape index (κ3) is 3.21. The van der Waals surface area contributed by atoms with E-state index in [9.17, 15) is 8.42 Å². The van der Waals surface area contributed by atoms with Crippen molar-refractivity contribution < 1.29 is 13.2 Å². The van der Waals surface area contributed by atoms with Gasteiger partial charge < -0.3 is 9.72 Å². The number of aromatic amines is 1. The second-order valence-electron chi connectivity index (χ2n) is 3.72. The molecule has 0 saturated heterocycles. The lowest BCUT2D eigenvalue weighted by Crippen LogP contribution is -2.20. The second-order valence-corrected chi connectivity index (χ2v) is 5.56. The number of hydrogen-bond donors (Lipinski definition) is 2. The summed E-state index contributed by atoms with van der Waals surface area (Å²) in [5, 5.41) is 0. The Balaban J connectivity index is 2.08. The van der Waals surface area contributed by atoms with Crippen molar-refractivity contribution in [3.63, 3.8) is 0 Å². The largest absolute Gasteiger partial charge is 0.381 e. The first kappa shape index (κ1) is 12.8. The highest BCUT2D eigenvalue weighted by atomic mass is 32.2. The number of anilines is 1. The van der Waals surface area contributed by atoms with Gasteiger partial charge in [-0.25, -0.2) is 13.4 Å². The van der Waals surface area contributed by atoms with E-state index in [0.717, 1.165) is 11.0 Å². The van der Waals surface area contributed by atoms with Crippen LogP contribution in [0.1, 0.15) is 6.92 Å². The molecule has 2 aromatic rings. The van der Waals surface area contributed by atoms with Crippen LogP contribution in [0.4, 0.5) is 5.95 Å². The Kier molecular flexibility index (Phi) is 3.83. The first-order valence-electron chi connectivity index (χ1n) is 5.64. The van der Waals surface area contributed by atoms with Crippen molar-refractivity contribution in [2.75, 3.05) is 23.7 Å². The fraction of sp³-hybridized carbons (Fsp3) is 0.364. The Morgan fingerprint density at radius 2 is 2.17 bits per heavy atom. The molecule has 0 unspecified atom stereocenters. The molecule has 0 spiro atoms. The van der Waals surface area contributed by atoms with Crippen LogP contribution in [-0.4, -0.2) is 37.4 Å². The summed E-state index contributed by atoms with van der Waals surface area (Å²) in [5.74, 6) is 0.144. The number of hydrogen-bond acceptors (Lipinski definition) is 4. The van der Waals surface area contributed by atoms with E-state index < -0.39 is 10.0 Å². The maximum atomic E-state index is 11.7. The summed E-state index contributed by atoms with van der Waals surface area (Å²) >= 11 is 0. The predicted octanol–water partition coefficient (Wildman–Crippen LogP) is 1.34. The number of benzene rings is 1. The first-order valence-corrected chi connectivity index (χ1v) is 7.29. The van der Waals surface area contributed by atoms with Crippen LogP contribution in [0.15, 0.2) is 24.3 Å². The lowest BCUT2D eigenvalue weighted by atomic mass is 10.3. The van der Waals surface area contributed by atoms with Gasteiger partial charge in [0.1, 0.15) is 0 Å². The molecule has 0 fully saturated rings. The van der Waals surface area contributed by atoms with E-state index >= 15 is 0 Å². The number of H-pyrrole nitrogens is 1. The van der Waals surface area contributed by atoms with Gasteiger partial charge in [-0.2, -0.15) is 0 Å². The van der Waals surface area contributed by atoms with Gasteiger partial charge in [-0.15, -0.1) is 0 Å². The van der Waals surface area contributed by atoms with Crippen LogP contribution in [0.25, 0.3) is 11.0 Å². The number of imidazole rings is 1. The van der Waals surface area contributed by atoms with Gasteiger partial charge in [0.15, 0.2) is 0 Å². The molecule has 0 amide bonds. The average Bonchev–Trinajstić information content (AvgIpc) is 2.70. The molecule has 0 aliphatic heterocycles. The molecule has 0 bridgehead atoms. The second kappa shape index (κ2) is 5.36. The lowest BCUT2D eigenvalue weighted by molar-refractivity contribution is 0.163. The third-order valence-corrected chi connectivity index (χ3v) is 3.55. The summed E-state index contributed by atoms with van der Waals surface area (Å²) in [6.45, 7) is 2.49. The highest BCUT2D eigenvalue weighted by Gasteiger charge is 2.12. The van der Waals surface area contributed by atoms with Gasteiger partial charge in [0.2, 0.25) is 16.0 Å². The van der Waals surface area contributed by atoms with Crippen LogP contribution in [0.5, 0.6) is 0 Å². The Labute approximate surface area is 105 Å². The smallest absolute Gasteiger partial charge is 0.237 e. The molecule has 0 atom stereocenters.